The molecule has 4 aromatic rings. The van der Waals surface area contributed by atoms with E-state index in [4.69, 9.17) is 5.11 Å². The largest absolute Gasteiger partial charge is 0.395 e. The molecule has 5 heterocycles. The number of hydrogen-bond acceptors (Lipinski definition) is 5. The summed E-state index contributed by atoms with van der Waals surface area (Å²) in [4.78, 5) is 15.9. The third kappa shape index (κ3) is 4.32. The maximum Gasteiger partial charge on any atom is 0.183 e. The number of piperidine rings is 1. The highest BCUT2D eigenvalue weighted by molar-refractivity contribution is 6.10. The molecule has 0 aliphatic carbocycles. The molecule has 1 saturated heterocycles. The quantitative estimate of drug-likeness (QED) is 0.415. The van der Waals surface area contributed by atoms with Gasteiger partial charge < -0.3 is 10.0 Å². The number of allylic oxidation sites excluding steroid dienone is 1. The van der Waals surface area contributed by atoms with E-state index in [1.165, 1.54) is 6.07 Å². The molecule has 180 valence electrons. The Bertz CT molecular complexity index is 1490. The maximum atomic E-state index is 14.6. The second-order valence-electron chi connectivity index (χ2n) is 9.33. The molecule has 2 aliphatic heterocycles. The summed E-state index contributed by atoms with van der Waals surface area (Å²) < 4.78 is 16.9. The van der Waals surface area contributed by atoms with Crippen molar-refractivity contribution in [2.45, 2.75) is 18.9 Å². The third-order valence-electron chi connectivity index (χ3n) is 7.09. The Kier molecular flexibility index (Phi) is 6.09. The Morgan fingerprint density at radius 1 is 1.00 bits per heavy atom. The number of hydrogen-bond donors (Lipinski definition) is 1. The van der Waals surface area contributed by atoms with Crippen LogP contribution in [0.4, 0.5) is 4.39 Å². The third-order valence-corrected chi connectivity index (χ3v) is 7.09. The summed E-state index contributed by atoms with van der Waals surface area (Å²) >= 11 is 0. The van der Waals surface area contributed by atoms with E-state index >= 15 is 0 Å². The van der Waals surface area contributed by atoms with Crippen molar-refractivity contribution in [1.82, 2.24) is 19.9 Å². The first kappa shape index (κ1) is 22.6. The molecule has 0 spiro atoms. The van der Waals surface area contributed by atoms with Crippen LogP contribution in [0.1, 0.15) is 18.4 Å². The highest BCUT2D eigenvalue weighted by atomic mass is 19.1. The van der Waals surface area contributed by atoms with Crippen molar-refractivity contribution in [3.05, 3.63) is 84.7 Å². The van der Waals surface area contributed by atoms with Crippen LogP contribution in [0, 0.1) is 5.82 Å². The lowest BCUT2D eigenvalue weighted by Crippen LogP contribution is -2.42. The van der Waals surface area contributed by atoms with E-state index in [1.54, 1.807) is 18.3 Å². The number of halogens is 1. The number of aromatic nitrogens is 3. The molecule has 36 heavy (non-hydrogen) atoms. The smallest absolute Gasteiger partial charge is 0.183 e. The molecule has 0 unspecified atom stereocenters. The predicted octanol–water partition coefficient (Wildman–Crippen LogP) is 4.39. The standard InChI is InChI=1S/C29H27FN5O/c30-27-6-2-1-4-25(27)28-15-26(24-5-3-9-32-29(24)33-28)21-14-20(16-31-17-21)22-18-35(19-22)23-7-10-34(11-8-23)12-13-36/h1-6,9,14-19,23,36H,7-8,10-13H2/q+1. The summed E-state index contributed by atoms with van der Waals surface area (Å²) in [5.74, 6) is -0.311. The molecular formula is C29H27FN5O+. The zero-order valence-electron chi connectivity index (χ0n) is 19.9. The SMILES string of the molecule is OCCN1CCC([N+]2=CC(c3cncc(-c4cc(-c5ccccc5F)nc5ncccc45)c3)=C2)CC1. The minimum atomic E-state index is -0.311. The maximum absolute atomic E-state index is 14.6. The highest BCUT2D eigenvalue weighted by Gasteiger charge is 2.31. The molecule has 2 aliphatic rings. The first-order valence-electron chi connectivity index (χ1n) is 12.3. The highest BCUT2D eigenvalue weighted by Crippen LogP contribution is 2.33. The fourth-order valence-electron chi connectivity index (χ4n) is 5.10. The molecule has 1 aromatic carbocycles. The van der Waals surface area contributed by atoms with Crippen LogP contribution in [0.15, 0.2) is 73.3 Å². The minimum Gasteiger partial charge on any atom is -0.395 e. The molecule has 7 heteroatoms. The van der Waals surface area contributed by atoms with Gasteiger partial charge in [-0.3, -0.25) is 4.98 Å². The number of aliphatic hydroxyl groups is 1. The van der Waals surface area contributed by atoms with Crippen molar-refractivity contribution < 1.29 is 14.1 Å². The molecule has 1 fully saturated rings. The summed E-state index contributed by atoms with van der Waals surface area (Å²) in [6.07, 6.45) is 12.0. The lowest BCUT2D eigenvalue weighted by molar-refractivity contribution is -0.507. The molecule has 6 rings (SSSR count). The number of fused-ring (bicyclic) bond motifs is 1. The molecule has 6 nitrogen and oxygen atoms in total. The first-order chi connectivity index (χ1) is 17.7. The van der Waals surface area contributed by atoms with E-state index in [-0.39, 0.29) is 12.4 Å². The number of benzene rings is 1. The Balaban J connectivity index is 1.30. The minimum absolute atomic E-state index is 0.221. The van der Waals surface area contributed by atoms with Gasteiger partial charge in [-0.25, -0.2) is 18.9 Å². The molecular weight excluding hydrogens is 453 g/mol. The van der Waals surface area contributed by atoms with Gasteiger partial charge in [0, 0.05) is 73.1 Å². The monoisotopic (exact) mass is 480 g/mol. The van der Waals surface area contributed by atoms with Crippen molar-refractivity contribution in [1.29, 1.82) is 0 Å². The number of likely N-dealkylation sites (tertiary alicyclic amines) is 1. The zero-order chi connectivity index (χ0) is 24.5. The van der Waals surface area contributed by atoms with E-state index in [1.807, 2.05) is 36.7 Å². The van der Waals surface area contributed by atoms with Crippen LogP contribution in [-0.2, 0) is 0 Å². The van der Waals surface area contributed by atoms with Crippen LogP contribution in [0.25, 0.3) is 39.0 Å². The van der Waals surface area contributed by atoms with Gasteiger partial charge in [0.25, 0.3) is 0 Å². The Morgan fingerprint density at radius 2 is 1.81 bits per heavy atom. The summed E-state index contributed by atoms with van der Waals surface area (Å²) in [6, 6.07) is 15.1. The molecule has 0 amide bonds. The second-order valence-corrected chi connectivity index (χ2v) is 9.33. The number of β-amino-alcohol motifs (C(OH)–C–C–N with tert-alkyl or cyclic N) is 1. The van der Waals surface area contributed by atoms with Crippen LogP contribution in [-0.4, -0.2) is 68.0 Å². The number of nitrogens with zero attached hydrogens (tertiary/aromatic N) is 5. The molecule has 1 N–H and O–H groups in total. The van der Waals surface area contributed by atoms with E-state index < -0.39 is 0 Å². The van der Waals surface area contributed by atoms with Crippen molar-refractivity contribution >= 4 is 22.8 Å². The molecule has 0 radical (unpaired) electrons. The van der Waals surface area contributed by atoms with E-state index in [9.17, 15) is 4.39 Å². The fraction of sp³-hybridized carbons (Fsp3) is 0.241. The van der Waals surface area contributed by atoms with Gasteiger partial charge in [0.05, 0.1) is 12.3 Å². The normalized spacial score (nSPS) is 16.5. The van der Waals surface area contributed by atoms with E-state index in [2.05, 4.69) is 42.9 Å². The topological polar surface area (TPSA) is 65.2 Å². The van der Waals surface area contributed by atoms with Crippen molar-refractivity contribution in [3.63, 3.8) is 0 Å². The van der Waals surface area contributed by atoms with Gasteiger partial charge >= 0.3 is 0 Å². The predicted molar refractivity (Wildman–Crippen MR) is 139 cm³/mol. The fourth-order valence-corrected chi connectivity index (χ4v) is 5.10. The van der Waals surface area contributed by atoms with Gasteiger partial charge in [-0.2, -0.15) is 0 Å². The zero-order valence-corrected chi connectivity index (χ0v) is 19.9. The van der Waals surface area contributed by atoms with Gasteiger partial charge in [0.2, 0.25) is 0 Å². The lowest BCUT2D eigenvalue weighted by Gasteiger charge is -2.30. The average Bonchev–Trinajstić information content (AvgIpc) is 2.89. The van der Waals surface area contributed by atoms with Crippen molar-refractivity contribution in [3.8, 4) is 22.4 Å². The summed E-state index contributed by atoms with van der Waals surface area (Å²) in [5.41, 5.74) is 5.63. The van der Waals surface area contributed by atoms with Crippen LogP contribution in [0.5, 0.6) is 0 Å². The Hall–Kier alpha value is -3.81. The number of rotatable bonds is 6. The van der Waals surface area contributed by atoms with Crippen LogP contribution < -0.4 is 0 Å². The summed E-state index contributed by atoms with van der Waals surface area (Å²) in [6.45, 7) is 3.01. The van der Waals surface area contributed by atoms with Crippen molar-refractivity contribution in [2.75, 3.05) is 26.2 Å². The Labute approximate surface area is 209 Å². The first-order valence-corrected chi connectivity index (χ1v) is 12.3. The van der Waals surface area contributed by atoms with Crippen LogP contribution in [0.3, 0.4) is 0 Å². The van der Waals surface area contributed by atoms with E-state index in [0.717, 1.165) is 60.1 Å². The Morgan fingerprint density at radius 3 is 2.61 bits per heavy atom. The van der Waals surface area contributed by atoms with Gasteiger partial charge in [-0.05, 0) is 42.0 Å². The summed E-state index contributed by atoms with van der Waals surface area (Å²) in [7, 11) is 0. The molecule has 0 saturated carbocycles. The van der Waals surface area contributed by atoms with Crippen LogP contribution >= 0.6 is 0 Å². The summed E-state index contributed by atoms with van der Waals surface area (Å²) in [5, 5.41) is 10.1. The molecule has 3 aromatic heterocycles. The van der Waals surface area contributed by atoms with Gasteiger partial charge in [0.15, 0.2) is 24.1 Å². The van der Waals surface area contributed by atoms with Crippen LogP contribution in [0.2, 0.25) is 0 Å². The van der Waals surface area contributed by atoms with Crippen molar-refractivity contribution in [2.24, 2.45) is 0 Å². The number of pyridine rings is 3. The van der Waals surface area contributed by atoms with Gasteiger partial charge in [-0.15, -0.1) is 0 Å². The molecule has 0 bridgehead atoms. The average molecular weight is 481 g/mol. The molecule has 0 atom stereocenters. The van der Waals surface area contributed by atoms with Gasteiger partial charge in [0.1, 0.15) is 11.4 Å². The van der Waals surface area contributed by atoms with Gasteiger partial charge in [-0.1, -0.05) is 12.1 Å². The lowest BCUT2D eigenvalue weighted by atomic mass is 9.96. The second kappa shape index (κ2) is 9.68. The van der Waals surface area contributed by atoms with E-state index in [0.29, 0.717) is 22.9 Å². The number of aliphatic hydroxyl groups excluding tert-OH is 1.